The van der Waals surface area contributed by atoms with Crippen LogP contribution in [0.2, 0.25) is 0 Å². The zero-order valence-electron chi connectivity index (χ0n) is 16.6. The largest absolute Gasteiger partial charge is 1.00 e. The number of alkyl halides is 21. The van der Waals surface area contributed by atoms with Gasteiger partial charge in [0.2, 0.25) is 0 Å². The van der Waals surface area contributed by atoms with Gasteiger partial charge in [0.25, 0.3) is 0 Å². The van der Waals surface area contributed by atoms with Gasteiger partial charge >= 0.3 is 87.8 Å². The minimum atomic E-state index is -9.38. The van der Waals surface area contributed by atoms with Gasteiger partial charge in [-0.3, -0.25) is 4.55 Å². The van der Waals surface area contributed by atoms with Crippen LogP contribution in [0.15, 0.2) is 0 Å². The van der Waals surface area contributed by atoms with Crippen LogP contribution in [0.25, 0.3) is 0 Å². The maximum Gasteiger partial charge on any atom is 1.00 e. The molecular weight excluding hydrogens is 606 g/mol. The molecule has 0 aromatic carbocycles. The van der Waals surface area contributed by atoms with Crippen molar-refractivity contribution in [2.24, 2.45) is 0 Å². The van der Waals surface area contributed by atoms with Crippen LogP contribution in [0.5, 0.6) is 0 Å². The molecule has 3 nitrogen and oxygen atoms in total. The first-order chi connectivity index (χ1) is 14.5. The minimum absolute atomic E-state index is 0. The number of hydrogen-bond donors (Lipinski definition) is 1. The monoisotopic (exact) mass is 608 g/mol. The summed E-state index contributed by atoms with van der Waals surface area (Å²) < 4.78 is 298. The summed E-state index contributed by atoms with van der Waals surface area (Å²) in [5, 5.41) is -8.06. The predicted molar refractivity (Wildman–Crippen MR) is 63.2 cm³/mol. The third kappa shape index (κ3) is 4.28. The topological polar surface area (TPSA) is 54.4 Å². The van der Waals surface area contributed by atoms with Crippen molar-refractivity contribution < 1.29 is 125 Å². The van der Waals surface area contributed by atoms with E-state index in [2.05, 4.69) is 0 Å². The molecule has 0 aliphatic rings. The fraction of sp³-hybridized carbons (Fsp3) is 1.00. The summed E-state index contributed by atoms with van der Waals surface area (Å²) in [6.07, 6.45) is -8.08. The first kappa shape index (κ1) is 37.2. The quantitative estimate of drug-likeness (QED) is 0.249. The molecule has 214 valence electrons. The average molecular weight is 608 g/mol. The fourth-order valence-electron chi connectivity index (χ4n) is 1.71. The maximum absolute atomic E-state index is 13.3. The van der Waals surface area contributed by atoms with Crippen molar-refractivity contribution in [2.45, 2.75) is 58.8 Å². The Balaban J connectivity index is -0.00000578. The molecule has 0 aliphatic heterocycles. The second kappa shape index (κ2) is 8.78. The van der Waals surface area contributed by atoms with E-state index in [1.54, 1.807) is 0 Å². The van der Waals surface area contributed by atoms with E-state index in [-0.39, 0.29) is 20.3 Å². The van der Waals surface area contributed by atoms with Crippen LogP contribution in [0, 0.1) is 0 Å². The number of rotatable bonds is 9. The smallest absolute Gasteiger partial charge is 1.00 e. The molecule has 0 bridgehead atoms. The van der Waals surface area contributed by atoms with Gasteiger partial charge < -0.3 is 1.43 Å². The SMILES string of the molecule is O=S(=O)(O)C(F)(F)C(F)(F)C(F)(F)C(F)(F)C(F)(F)C(F)(F)C(F)(F)C(F)(F)C(F)(F)C(F)(F)F.[H-].[Li+]. The minimum Gasteiger partial charge on any atom is -1.00 e. The summed E-state index contributed by atoms with van der Waals surface area (Å²) in [6.45, 7) is 0. The Labute approximate surface area is 195 Å². The summed E-state index contributed by atoms with van der Waals surface area (Å²) in [7, 11) is -8.09. The van der Waals surface area contributed by atoms with E-state index in [0.717, 1.165) is 0 Å². The van der Waals surface area contributed by atoms with Crippen LogP contribution in [0.1, 0.15) is 1.43 Å². The molecule has 0 saturated carbocycles. The second-order valence-corrected chi connectivity index (χ2v) is 7.55. The van der Waals surface area contributed by atoms with Crippen molar-refractivity contribution in [3.05, 3.63) is 0 Å². The molecule has 0 unspecified atom stereocenters. The number of halogens is 21. The average Bonchev–Trinajstić information content (AvgIpc) is 2.58. The maximum atomic E-state index is 13.3. The molecule has 0 atom stereocenters. The molecule has 1 N–H and O–H groups in total. The number of hydrogen-bond acceptors (Lipinski definition) is 2. The van der Waals surface area contributed by atoms with E-state index in [1.165, 1.54) is 0 Å². The first-order valence-electron chi connectivity index (χ1n) is 6.94. The zero-order valence-corrected chi connectivity index (χ0v) is 16.4. The summed E-state index contributed by atoms with van der Waals surface area (Å²) >= 11 is 0. The van der Waals surface area contributed by atoms with E-state index >= 15 is 0 Å². The van der Waals surface area contributed by atoms with Gasteiger partial charge in [0, 0.05) is 0 Å². The molecule has 0 spiro atoms. The molecular formula is C10H2F21LiO3S. The molecule has 0 saturated heterocycles. The van der Waals surface area contributed by atoms with Crippen LogP contribution in [-0.4, -0.2) is 71.8 Å². The van der Waals surface area contributed by atoms with Crippen LogP contribution in [-0.2, 0) is 10.1 Å². The molecule has 0 amide bonds. The van der Waals surface area contributed by atoms with Crippen molar-refractivity contribution in [1.82, 2.24) is 0 Å². The molecule has 26 heteroatoms. The Morgan fingerprint density at radius 3 is 0.722 bits per heavy atom. The molecule has 36 heavy (non-hydrogen) atoms. The third-order valence-corrected chi connectivity index (χ3v) is 4.71. The molecule has 0 aromatic heterocycles. The van der Waals surface area contributed by atoms with Gasteiger partial charge in [-0.15, -0.1) is 0 Å². The first-order valence-corrected chi connectivity index (χ1v) is 8.38. The fourth-order valence-corrected chi connectivity index (χ4v) is 2.16. The summed E-state index contributed by atoms with van der Waals surface area (Å²) in [5.41, 5.74) is 0. The Morgan fingerprint density at radius 1 is 0.389 bits per heavy atom. The molecule has 0 aliphatic carbocycles. The van der Waals surface area contributed by atoms with E-state index in [4.69, 9.17) is 4.55 Å². The van der Waals surface area contributed by atoms with Crippen molar-refractivity contribution in [3.63, 3.8) is 0 Å². The third-order valence-electron chi connectivity index (χ3n) is 3.81. The molecule has 0 fully saturated rings. The van der Waals surface area contributed by atoms with Gasteiger partial charge in [0.15, 0.2) is 0 Å². The Hall–Kier alpha value is -0.963. The van der Waals surface area contributed by atoms with Gasteiger partial charge in [-0.1, -0.05) is 0 Å². The molecule has 0 radical (unpaired) electrons. The van der Waals surface area contributed by atoms with Crippen molar-refractivity contribution in [1.29, 1.82) is 0 Å². The van der Waals surface area contributed by atoms with E-state index < -0.39 is 68.9 Å². The molecule has 0 heterocycles. The summed E-state index contributed by atoms with van der Waals surface area (Å²) in [6, 6.07) is 0. The van der Waals surface area contributed by atoms with E-state index in [9.17, 15) is 101 Å². The van der Waals surface area contributed by atoms with Gasteiger partial charge in [0.05, 0.1) is 0 Å². The van der Waals surface area contributed by atoms with E-state index in [0.29, 0.717) is 0 Å². The van der Waals surface area contributed by atoms with Crippen LogP contribution in [0.4, 0.5) is 92.2 Å². The van der Waals surface area contributed by atoms with Crippen molar-refractivity contribution >= 4 is 10.1 Å². The summed E-state index contributed by atoms with van der Waals surface area (Å²) in [5.74, 6) is -72.6. The van der Waals surface area contributed by atoms with E-state index in [1.807, 2.05) is 0 Å². The predicted octanol–water partition coefficient (Wildman–Crippen LogP) is 3.23. The molecule has 0 aromatic rings. The van der Waals surface area contributed by atoms with Crippen LogP contribution < -0.4 is 18.9 Å². The Morgan fingerprint density at radius 2 is 0.556 bits per heavy atom. The van der Waals surface area contributed by atoms with Crippen LogP contribution >= 0.6 is 0 Å². The Bertz CT molecular complexity index is 925. The Kier molecular flexibility index (Phi) is 9.07. The molecule has 0 rings (SSSR count). The van der Waals surface area contributed by atoms with Crippen LogP contribution in [0.3, 0.4) is 0 Å². The standard InChI is InChI=1S/C10HF21O3S.Li.H/c11-1(12,3(15,16)5(19,20)7(23,24)9(27,28)29)2(13,14)4(17,18)6(21,22)8(25,26)10(30,31)35(32,33)34;;/h(H,32,33,34);;/q;+1;-1. The van der Waals surface area contributed by atoms with Gasteiger partial charge in [-0.05, 0) is 0 Å². The van der Waals surface area contributed by atoms with Crippen molar-refractivity contribution in [3.8, 4) is 0 Å². The van der Waals surface area contributed by atoms with Gasteiger partial charge in [-0.2, -0.15) is 101 Å². The second-order valence-electron chi connectivity index (χ2n) is 6.08. The normalized spacial score (nSPS) is 16.6. The van der Waals surface area contributed by atoms with Crippen molar-refractivity contribution in [2.75, 3.05) is 0 Å². The van der Waals surface area contributed by atoms with Gasteiger partial charge in [-0.25, -0.2) is 0 Å². The summed E-state index contributed by atoms with van der Waals surface area (Å²) in [4.78, 5) is 0. The van der Waals surface area contributed by atoms with Gasteiger partial charge in [0.1, 0.15) is 0 Å². The zero-order chi connectivity index (χ0) is 29.5.